The lowest BCUT2D eigenvalue weighted by atomic mass is 10.2. The van der Waals surface area contributed by atoms with Crippen LogP contribution in [0.1, 0.15) is 24.8 Å². The normalized spacial score (nSPS) is 26.6. The van der Waals surface area contributed by atoms with Crippen molar-refractivity contribution in [1.29, 1.82) is 0 Å². The molecule has 2 nitrogen and oxygen atoms in total. The van der Waals surface area contributed by atoms with Gasteiger partial charge in [0.15, 0.2) is 0 Å². The predicted molar refractivity (Wildman–Crippen MR) is 56.8 cm³/mol. The van der Waals surface area contributed by atoms with Crippen LogP contribution in [0.4, 0.5) is 0 Å². The Morgan fingerprint density at radius 3 is 2.64 bits per heavy atom. The standard InChI is InChI=1S/C12H17NO/c13-11-7-4-8-12(11)14-9-10-5-2-1-3-6-10/h1-3,5-6,11-12H,4,7-9,13H2/t11-,12?/m0/s1. The van der Waals surface area contributed by atoms with Gasteiger partial charge in [0.1, 0.15) is 0 Å². The molecule has 2 rings (SSSR count). The summed E-state index contributed by atoms with van der Waals surface area (Å²) in [7, 11) is 0. The summed E-state index contributed by atoms with van der Waals surface area (Å²) in [6, 6.07) is 10.5. The third-order valence-corrected chi connectivity index (χ3v) is 2.81. The maximum Gasteiger partial charge on any atom is 0.0730 e. The van der Waals surface area contributed by atoms with E-state index in [1.165, 1.54) is 12.0 Å². The third kappa shape index (κ3) is 2.34. The van der Waals surface area contributed by atoms with Crippen LogP contribution < -0.4 is 5.73 Å². The Morgan fingerprint density at radius 1 is 1.21 bits per heavy atom. The second kappa shape index (κ2) is 4.58. The smallest absolute Gasteiger partial charge is 0.0730 e. The number of rotatable bonds is 3. The minimum absolute atomic E-state index is 0.249. The van der Waals surface area contributed by atoms with E-state index in [2.05, 4.69) is 12.1 Å². The van der Waals surface area contributed by atoms with Gasteiger partial charge in [0.05, 0.1) is 12.7 Å². The van der Waals surface area contributed by atoms with E-state index in [0.29, 0.717) is 6.61 Å². The van der Waals surface area contributed by atoms with E-state index in [4.69, 9.17) is 10.5 Å². The Balaban J connectivity index is 1.82. The van der Waals surface area contributed by atoms with Gasteiger partial charge in [-0.25, -0.2) is 0 Å². The van der Waals surface area contributed by atoms with E-state index >= 15 is 0 Å². The van der Waals surface area contributed by atoms with Crippen molar-refractivity contribution in [2.75, 3.05) is 0 Å². The van der Waals surface area contributed by atoms with Gasteiger partial charge in [-0.2, -0.15) is 0 Å². The van der Waals surface area contributed by atoms with Gasteiger partial charge in [-0.3, -0.25) is 0 Å². The zero-order valence-electron chi connectivity index (χ0n) is 8.36. The molecule has 2 heteroatoms. The first-order valence-electron chi connectivity index (χ1n) is 5.27. The second-order valence-electron chi connectivity index (χ2n) is 3.93. The van der Waals surface area contributed by atoms with Crippen LogP contribution in [0, 0.1) is 0 Å². The summed E-state index contributed by atoms with van der Waals surface area (Å²) in [5, 5.41) is 0. The molecular formula is C12H17NO. The highest BCUT2D eigenvalue weighted by molar-refractivity contribution is 5.13. The van der Waals surface area contributed by atoms with Crippen molar-refractivity contribution < 1.29 is 4.74 Å². The molecule has 1 aliphatic rings. The molecule has 0 spiro atoms. The van der Waals surface area contributed by atoms with Crippen molar-refractivity contribution in [3.8, 4) is 0 Å². The zero-order valence-corrected chi connectivity index (χ0v) is 8.36. The maximum absolute atomic E-state index is 5.92. The summed E-state index contributed by atoms with van der Waals surface area (Å²) in [5.41, 5.74) is 7.15. The van der Waals surface area contributed by atoms with Crippen molar-refractivity contribution in [1.82, 2.24) is 0 Å². The quantitative estimate of drug-likeness (QED) is 0.794. The molecule has 1 unspecified atom stereocenters. The van der Waals surface area contributed by atoms with E-state index in [9.17, 15) is 0 Å². The molecule has 1 aromatic rings. The Bertz CT molecular complexity index is 273. The van der Waals surface area contributed by atoms with E-state index in [-0.39, 0.29) is 12.1 Å². The van der Waals surface area contributed by atoms with E-state index in [0.717, 1.165) is 12.8 Å². The van der Waals surface area contributed by atoms with Crippen molar-refractivity contribution in [3.63, 3.8) is 0 Å². The highest BCUT2D eigenvalue weighted by Crippen LogP contribution is 2.21. The SMILES string of the molecule is N[C@H]1CCCC1OCc1ccccc1. The number of ether oxygens (including phenoxy) is 1. The van der Waals surface area contributed by atoms with Crippen LogP contribution in [-0.4, -0.2) is 12.1 Å². The summed E-state index contributed by atoms with van der Waals surface area (Å²) in [4.78, 5) is 0. The van der Waals surface area contributed by atoms with Crippen LogP contribution >= 0.6 is 0 Å². The number of hydrogen-bond acceptors (Lipinski definition) is 2. The van der Waals surface area contributed by atoms with Crippen LogP contribution in [0.2, 0.25) is 0 Å². The van der Waals surface area contributed by atoms with Crippen LogP contribution in [0.5, 0.6) is 0 Å². The zero-order chi connectivity index (χ0) is 9.80. The molecule has 0 bridgehead atoms. The lowest BCUT2D eigenvalue weighted by molar-refractivity contribution is 0.0357. The summed E-state index contributed by atoms with van der Waals surface area (Å²) >= 11 is 0. The van der Waals surface area contributed by atoms with Gasteiger partial charge in [0.25, 0.3) is 0 Å². The second-order valence-corrected chi connectivity index (χ2v) is 3.93. The van der Waals surface area contributed by atoms with Gasteiger partial charge < -0.3 is 10.5 Å². The van der Waals surface area contributed by atoms with E-state index in [1.54, 1.807) is 0 Å². The monoisotopic (exact) mass is 191 g/mol. The van der Waals surface area contributed by atoms with Gasteiger partial charge in [0, 0.05) is 6.04 Å². The first-order chi connectivity index (χ1) is 6.86. The van der Waals surface area contributed by atoms with E-state index in [1.807, 2.05) is 18.2 Å². The van der Waals surface area contributed by atoms with Crippen LogP contribution in [0.15, 0.2) is 30.3 Å². The van der Waals surface area contributed by atoms with Crippen LogP contribution in [0.25, 0.3) is 0 Å². The fourth-order valence-corrected chi connectivity index (χ4v) is 1.94. The topological polar surface area (TPSA) is 35.2 Å². The third-order valence-electron chi connectivity index (χ3n) is 2.81. The largest absolute Gasteiger partial charge is 0.372 e. The maximum atomic E-state index is 5.92. The summed E-state index contributed by atoms with van der Waals surface area (Å²) in [6.45, 7) is 0.694. The molecule has 1 saturated carbocycles. The molecule has 0 radical (unpaired) electrons. The fraction of sp³-hybridized carbons (Fsp3) is 0.500. The summed E-state index contributed by atoms with van der Waals surface area (Å²) in [5.74, 6) is 0. The predicted octanol–water partition coefficient (Wildman–Crippen LogP) is 2.08. The molecule has 0 heterocycles. The lowest BCUT2D eigenvalue weighted by Crippen LogP contribution is -2.31. The number of nitrogens with two attached hydrogens (primary N) is 1. The molecule has 1 aliphatic carbocycles. The molecule has 0 aromatic heterocycles. The van der Waals surface area contributed by atoms with Gasteiger partial charge in [0.2, 0.25) is 0 Å². The highest BCUT2D eigenvalue weighted by atomic mass is 16.5. The fourth-order valence-electron chi connectivity index (χ4n) is 1.94. The Hall–Kier alpha value is -0.860. The van der Waals surface area contributed by atoms with Crippen molar-refractivity contribution in [2.24, 2.45) is 5.73 Å². The highest BCUT2D eigenvalue weighted by Gasteiger charge is 2.24. The number of hydrogen-bond donors (Lipinski definition) is 1. The minimum Gasteiger partial charge on any atom is -0.372 e. The van der Waals surface area contributed by atoms with Crippen molar-refractivity contribution >= 4 is 0 Å². The Labute approximate surface area is 85.1 Å². The molecule has 0 aliphatic heterocycles. The average molecular weight is 191 g/mol. The van der Waals surface area contributed by atoms with Gasteiger partial charge in [-0.1, -0.05) is 30.3 Å². The molecular weight excluding hydrogens is 174 g/mol. The van der Waals surface area contributed by atoms with E-state index < -0.39 is 0 Å². The lowest BCUT2D eigenvalue weighted by Gasteiger charge is -2.16. The van der Waals surface area contributed by atoms with Crippen LogP contribution in [0.3, 0.4) is 0 Å². The first kappa shape index (κ1) is 9.69. The Kier molecular flexibility index (Phi) is 3.17. The summed E-state index contributed by atoms with van der Waals surface area (Å²) < 4.78 is 5.78. The van der Waals surface area contributed by atoms with Crippen LogP contribution in [-0.2, 0) is 11.3 Å². The minimum atomic E-state index is 0.249. The average Bonchev–Trinajstić information content (AvgIpc) is 2.63. The van der Waals surface area contributed by atoms with Gasteiger partial charge >= 0.3 is 0 Å². The first-order valence-corrected chi connectivity index (χ1v) is 5.27. The molecule has 2 N–H and O–H groups in total. The van der Waals surface area contributed by atoms with Crippen molar-refractivity contribution in [3.05, 3.63) is 35.9 Å². The molecule has 0 amide bonds. The molecule has 1 fully saturated rings. The summed E-state index contributed by atoms with van der Waals surface area (Å²) in [6.07, 6.45) is 3.71. The molecule has 76 valence electrons. The molecule has 14 heavy (non-hydrogen) atoms. The molecule has 0 saturated heterocycles. The Morgan fingerprint density at radius 2 is 2.00 bits per heavy atom. The van der Waals surface area contributed by atoms with Crippen molar-refractivity contribution in [2.45, 2.75) is 38.0 Å². The van der Waals surface area contributed by atoms with Gasteiger partial charge in [-0.05, 0) is 24.8 Å². The molecule has 2 atom stereocenters. The molecule has 1 aromatic carbocycles. The number of benzene rings is 1. The van der Waals surface area contributed by atoms with Gasteiger partial charge in [-0.15, -0.1) is 0 Å².